The van der Waals surface area contributed by atoms with Gasteiger partial charge < -0.3 is 0 Å². The van der Waals surface area contributed by atoms with Crippen molar-refractivity contribution < 1.29 is 0 Å². The highest BCUT2D eigenvalue weighted by Crippen LogP contribution is 2.19. The van der Waals surface area contributed by atoms with Crippen molar-refractivity contribution in [2.45, 2.75) is 53.4 Å². The van der Waals surface area contributed by atoms with E-state index in [0.29, 0.717) is 0 Å². The zero-order valence-electron chi connectivity index (χ0n) is 8.98. The van der Waals surface area contributed by atoms with Crippen LogP contribution in [-0.2, 0) is 0 Å². The van der Waals surface area contributed by atoms with Gasteiger partial charge in [0.1, 0.15) is 0 Å². The van der Waals surface area contributed by atoms with Gasteiger partial charge in [-0.15, -0.1) is 0 Å². The predicted molar refractivity (Wildman–Crippen MR) is 57.3 cm³/mol. The Hall–Kier alpha value is -0.520. The standard InChI is InChI=1S/C12H22/c1-5-9-10-12(8-4)11(6-2)7-3/h6,8H,5,7,9-10H2,1-4H3/b11-6-,12-8-. The summed E-state index contributed by atoms with van der Waals surface area (Å²) in [6.07, 6.45) is 9.52. The summed E-state index contributed by atoms with van der Waals surface area (Å²) < 4.78 is 0. The van der Waals surface area contributed by atoms with Gasteiger partial charge in [0, 0.05) is 0 Å². The van der Waals surface area contributed by atoms with Gasteiger partial charge in [-0.2, -0.15) is 0 Å². The average molecular weight is 166 g/mol. The highest BCUT2D eigenvalue weighted by atomic mass is 14.0. The fourth-order valence-electron chi connectivity index (χ4n) is 1.47. The third kappa shape index (κ3) is 3.75. The summed E-state index contributed by atoms with van der Waals surface area (Å²) in [4.78, 5) is 0. The van der Waals surface area contributed by atoms with Crippen LogP contribution in [0, 0.1) is 0 Å². The largest absolute Gasteiger partial charge is 0.0842 e. The van der Waals surface area contributed by atoms with Gasteiger partial charge in [0.05, 0.1) is 0 Å². The Kier molecular flexibility index (Phi) is 6.84. The number of hydrogen-bond donors (Lipinski definition) is 0. The highest BCUT2D eigenvalue weighted by molar-refractivity contribution is 5.29. The van der Waals surface area contributed by atoms with E-state index in [-0.39, 0.29) is 0 Å². The molecule has 0 nitrogen and oxygen atoms in total. The summed E-state index contributed by atoms with van der Waals surface area (Å²) in [7, 11) is 0. The molecule has 0 atom stereocenters. The molecule has 0 aliphatic carbocycles. The van der Waals surface area contributed by atoms with E-state index in [1.54, 1.807) is 5.57 Å². The van der Waals surface area contributed by atoms with Crippen molar-refractivity contribution in [1.29, 1.82) is 0 Å². The Balaban J connectivity index is 4.15. The molecule has 0 aromatic heterocycles. The molecule has 0 bridgehead atoms. The molecule has 0 fully saturated rings. The van der Waals surface area contributed by atoms with Crippen LogP contribution in [-0.4, -0.2) is 0 Å². The maximum absolute atomic E-state index is 2.26. The summed E-state index contributed by atoms with van der Waals surface area (Å²) in [6.45, 7) is 8.75. The molecule has 0 saturated carbocycles. The first-order chi connectivity index (χ1) is 5.79. The normalized spacial score (nSPS) is 13.7. The molecule has 0 spiro atoms. The SMILES string of the molecule is C/C=C(CC)\C(=C/C)CCCC. The number of hydrogen-bond acceptors (Lipinski definition) is 0. The van der Waals surface area contributed by atoms with Gasteiger partial charge in [-0.05, 0) is 44.3 Å². The molecule has 0 heteroatoms. The van der Waals surface area contributed by atoms with Crippen molar-refractivity contribution in [2.24, 2.45) is 0 Å². The van der Waals surface area contributed by atoms with Crippen LogP contribution >= 0.6 is 0 Å². The van der Waals surface area contributed by atoms with Gasteiger partial charge in [0.2, 0.25) is 0 Å². The third-order valence-electron chi connectivity index (χ3n) is 2.29. The van der Waals surface area contributed by atoms with Crippen molar-refractivity contribution in [3.8, 4) is 0 Å². The first kappa shape index (κ1) is 11.5. The lowest BCUT2D eigenvalue weighted by atomic mass is 9.98. The van der Waals surface area contributed by atoms with E-state index in [1.807, 2.05) is 0 Å². The zero-order valence-corrected chi connectivity index (χ0v) is 8.98. The lowest BCUT2D eigenvalue weighted by Crippen LogP contribution is -1.88. The van der Waals surface area contributed by atoms with E-state index >= 15 is 0 Å². The van der Waals surface area contributed by atoms with Crippen molar-refractivity contribution >= 4 is 0 Å². The van der Waals surface area contributed by atoms with Crippen LogP contribution in [0.15, 0.2) is 23.3 Å². The van der Waals surface area contributed by atoms with E-state index in [9.17, 15) is 0 Å². The smallest absolute Gasteiger partial charge is 0.0280 e. The molecule has 12 heavy (non-hydrogen) atoms. The van der Waals surface area contributed by atoms with E-state index < -0.39 is 0 Å². The molecule has 0 aliphatic heterocycles. The lowest BCUT2D eigenvalue weighted by Gasteiger charge is -2.08. The topological polar surface area (TPSA) is 0 Å². The van der Waals surface area contributed by atoms with E-state index in [4.69, 9.17) is 0 Å². The first-order valence-electron chi connectivity index (χ1n) is 5.10. The highest BCUT2D eigenvalue weighted by Gasteiger charge is 1.99. The molecule has 0 heterocycles. The predicted octanol–water partition coefficient (Wildman–Crippen LogP) is 4.48. The number of allylic oxidation sites excluding steroid dienone is 4. The van der Waals surface area contributed by atoms with Gasteiger partial charge in [-0.25, -0.2) is 0 Å². The molecule has 0 saturated heterocycles. The number of rotatable bonds is 5. The molecule has 0 aliphatic rings. The lowest BCUT2D eigenvalue weighted by molar-refractivity contribution is 0.784. The maximum atomic E-state index is 2.26. The van der Waals surface area contributed by atoms with Crippen LogP contribution in [0.25, 0.3) is 0 Å². The minimum Gasteiger partial charge on any atom is -0.0842 e. The second-order valence-electron chi connectivity index (χ2n) is 3.08. The Morgan fingerprint density at radius 2 is 1.58 bits per heavy atom. The van der Waals surface area contributed by atoms with Gasteiger partial charge in [-0.3, -0.25) is 0 Å². The van der Waals surface area contributed by atoms with E-state index in [1.165, 1.54) is 31.3 Å². The monoisotopic (exact) mass is 166 g/mol. The molecular weight excluding hydrogens is 144 g/mol. The summed E-state index contributed by atoms with van der Waals surface area (Å²) in [6, 6.07) is 0. The average Bonchev–Trinajstić information content (AvgIpc) is 2.12. The van der Waals surface area contributed by atoms with Gasteiger partial charge in [0.25, 0.3) is 0 Å². The molecule has 0 aromatic rings. The van der Waals surface area contributed by atoms with E-state index in [2.05, 4.69) is 39.8 Å². The summed E-state index contributed by atoms with van der Waals surface area (Å²) in [5.74, 6) is 0. The molecule has 0 N–H and O–H groups in total. The quantitative estimate of drug-likeness (QED) is 0.528. The minimum atomic E-state index is 1.17. The van der Waals surface area contributed by atoms with Crippen LogP contribution in [0.5, 0.6) is 0 Å². The van der Waals surface area contributed by atoms with Crippen LogP contribution in [0.1, 0.15) is 53.4 Å². The maximum Gasteiger partial charge on any atom is -0.0280 e. The molecule has 0 amide bonds. The van der Waals surface area contributed by atoms with Crippen molar-refractivity contribution in [2.75, 3.05) is 0 Å². The second-order valence-corrected chi connectivity index (χ2v) is 3.08. The fraction of sp³-hybridized carbons (Fsp3) is 0.667. The van der Waals surface area contributed by atoms with Gasteiger partial charge in [-0.1, -0.05) is 32.4 Å². The molecule has 0 unspecified atom stereocenters. The van der Waals surface area contributed by atoms with Crippen LogP contribution in [0.4, 0.5) is 0 Å². The third-order valence-corrected chi connectivity index (χ3v) is 2.29. The summed E-state index contributed by atoms with van der Waals surface area (Å²) >= 11 is 0. The second kappa shape index (κ2) is 7.15. The molecule has 0 aromatic carbocycles. The Labute approximate surface area is 77.4 Å². The Morgan fingerprint density at radius 3 is 1.92 bits per heavy atom. The first-order valence-corrected chi connectivity index (χ1v) is 5.10. The Bertz CT molecular complexity index is 161. The Morgan fingerprint density at radius 1 is 1.00 bits per heavy atom. The zero-order chi connectivity index (χ0) is 9.40. The molecular formula is C12H22. The van der Waals surface area contributed by atoms with Crippen LogP contribution in [0.2, 0.25) is 0 Å². The molecule has 70 valence electrons. The molecule has 0 radical (unpaired) electrons. The minimum absolute atomic E-state index is 1.17. The van der Waals surface area contributed by atoms with Crippen molar-refractivity contribution in [3.05, 3.63) is 23.3 Å². The fourth-order valence-corrected chi connectivity index (χ4v) is 1.47. The number of unbranched alkanes of at least 4 members (excludes halogenated alkanes) is 1. The summed E-state index contributed by atoms with van der Waals surface area (Å²) in [5.41, 5.74) is 3.06. The van der Waals surface area contributed by atoms with Gasteiger partial charge >= 0.3 is 0 Å². The van der Waals surface area contributed by atoms with Crippen molar-refractivity contribution in [1.82, 2.24) is 0 Å². The molecule has 0 rings (SSSR count). The van der Waals surface area contributed by atoms with E-state index in [0.717, 1.165) is 0 Å². The summed E-state index contributed by atoms with van der Waals surface area (Å²) in [5, 5.41) is 0. The van der Waals surface area contributed by atoms with Crippen molar-refractivity contribution in [3.63, 3.8) is 0 Å². The van der Waals surface area contributed by atoms with Gasteiger partial charge in [0.15, 0.2) is 0 Å². The van der Waals surface area contributed by atoms with Crippen LogP contribution < -0.4 is 0 Å². The van der Waals surface area contributed by atoms with Crippen LogP contribution in [0.3, 0.4) is 0 Å².